The van der Waals surface area contributed by atoms with E-state index in [1.54, 1.807) is 6.92 Å². The van der Waals surface area contributed by atoms with Gasteiger partial charge in [0.15, 0.2) is 0 Å². The lowest BCUT2D eigenvalue weighted by molar-refractivity contribution is -0.127. The van der Waals surface area contributed by atoms with E-state index in [0.29, 0.717) is 19.5 Å². The van der Waals surface area contributed by atoms with Crippen molar-refractivity contribution in [2.75, 3.05) is 40.3 Å². The number of Topliss-reactive ketones (excluding diaryl/α,β-unsaturated/α-hetero) is 1. The smallest absolute Gasteiger partial charge is 0.407 e. The van der Waals surface area contributed by atoms with E-state index in [0.717, 1.165) is 32.2 Å². The van der Waals surface area contributed by atoms with Crippen LogP contribution in [0.2, 0.25) is 0 Å². The van der Waals surface area contributed by atoms with E-state index in [2.05, 4.69) is 17.1 Å². The van der Waals surface area contributed by atoms with E-state index in [1.807, 2.05) is 31.1 Å². The molecule has 0 saturated heterocycles. The molecule has 238 valence electrons. The molecule has 3 unspecified atom stereocenters. The lowest BCUT2D eigenvalue weighted by atomic mass is 9.78. The van der Waals surface area contributed by atoms with Crippen LogP contribution in [0.1, 0.15) is 129 Å². The predicted molar refractivity (Wildman–Crippen MR) is 170 cm³/mol. The molecule has 0 aliphatic heterocycles. The molecule has 0 aromatic heterocycles. The molecule has 1 aliphatic carbocycles. The Morgan fingerprint density at radius 3 is 1.85 bits per heavy atom. The lowest BCUT2D eigenvalue weighted by Gasteiger charge is -2.39. The van der Waals surface area contributed by atoms with E-state index in [9.17, 15) is 14.4 Å². The normalized spacial score (nSPS) is 18.4. The van der Waals surface area contributed by atoms with Crippen molar-refractivity contribution in [3.8, 4) is 0 Å². The third-order valence-electron chi connectivity index (χ3n) is 8.44. The Labute approximate surface area is 252 Å². The molecule has 0 bridgehead atoms. The standard InChI is InChI=1S/C34H63N3O4/c1-5-6-7-8-9-10-11-12-13-14-15-16-17-18-19-20-27-37(29-38)33-24-21-23-31(30(2)39)32(33)28-41-34(40)35-25-22-26-36(3)4/h21,23,29,31-33H,5-20,22,24-28H2,1-4H3,(H,35,40). The Bertz CT molecular complexity index is 712. The summed E-state index contributed by atoms with van der Waals surface area (Å²) in [6, 6.07) is -0.135. The number of unbranched alkanes of at least 4 members (excludes halogenated alkanes) is 15. The molecule has 0 aromatic rings. The zero-order valence-corrected chi connectivity index (χ0v) is 27.0. The summed E-state index contributed by atoms with van der Waals surface area (Å²) in [6.07, 6.45) is 27.0. The van der Waals surface area contributed by atoms with Gasteiger partial charge >= 0.3 is 6.09 Å². The first-order valence-electron chi connectivity index (χ1n) is 16.8. The van der Waals surface area contributed by atoms with Gasteiger partial charge in [0, 0.05) is 31.0 Å². The van der Waals surface area contributed by atoms with E-state index < -0.39 is 6.09 Å². The van der Waals surface area contributed by atoms with Gasteiger partial charge in [0.1, 0.15) is 5.78 Å². The second-order valence-electron chi connectivity index (χ2n) is 12.4. The van der Waals surface area contributed by atoms with Gasteiger partial charge in [-0.25, -0.2) is 4.79 Å². The number of hydrogen-bond acceptors (Lipinski definition) is 5. The van der Waals surface area contributed by atoms with Crippen LogP contribution in [0.5, 0.6) is 0 Å². The molecule has 41 heavy (non-hydrogen) atoms. The lowest BCUT2D eigenvalue weighted by Crippen LogP contribution is -2.48. The van der Waals surface area contributed by atoms with E-state index in [-0.39, 0.29) is 30.3 Å². The van der Waals surface area contributed by atoms with Gasteiger partial charge in [-0.15, -0.1) is 0 Å². The molecule has 0 fully saturated rings. The average Bonchev–Trinajstić information content (AvgIpc) is 2.95. The predicted octanol–water partition coefficient (Wildman–Crippen LogP) is 7.53. The highest BCUT2D eigenvalue weighted by Crippen LogP contribution is 2.30. The van der Waals surface area contributed by atoms with Crippen LogP contribution in [0.3, 0.4) is 0 Å². The first-order chi connectivity index (χ1) is 19.9. The second kappa shape index (κ2) is 24.7. The molecule has 1 aliphatic rings. The number of alkyl carbamates (subject to hydrolysis) is 1. The van der Waals surface area contributed by atoms with Crippen molar-refractivity contribution < 1.29 is 19.1 Å². The summed E-state index contributed by atoms with van der Waals surface area (Å²) in [5.74, 6) is -0.529. The van der Waals surface area contributed by atoms with Gasteiger partial charge in [-0.1, -0.05) is 115 Å². The number of carbonyl (C=O) groups is 3. The van der Waals surface area contributed by atoms with Gasteiger partial charge in [-0.2, -0.15) is 0 Å². The summed E-state index contributed by atoms with van der Waals surface area (Å²) in [5.41, 5.74) is 0. The fourth-order valence-corrected chi connectivity index (χ4v) is 5.90. The fraction of sp³-hybridized carbons (Fsp3) is 0.853. The first-order valence-corrected chi connectivity index (χ1v) is 16.8. The molecule has 0 heterocycles. The van der Waals surface area contributed by atoms with Crippen LogP contribution in [0.4, 0.5) is 4.79 Å². The Balaban J connectivity index is 2.27. The molecular weight excluding hydrogens is 514 g/mol. The largest absolute Gasteiger partial charge is 0.449 e. The molecule has 0 saturated carbocycles. The molecule has 0 spiro atoms. The molecule has 0 radical (unpaired) electrons. The van der Waals surface area contributed by atoms with Crippen LogP contribution in [0.25, 0.3) is 0 Å². The van der Waals surface area contributed by atoms with Crippen LogP contribution < -0.4 is 5.32 Å². The van der Waals surface area contributed by atoms with Crippen molar-refractivity contribution in [1.29, 1.82) is 0 Å². The van der Waals surface area contributed by atoms with Crippen molar-refractivity contribution in [3.63, 3.8) is 0 Å². The number of ether oxygens (including phenoxy) is 1. The Kier molecular flexibility index (Phi) is 22.4. The van der Waals surface area contributed by atoms with Crippen LogP contribution in [-0.2, 0) is 14.3 Å². The fourth-order valence-electron chi connectivity index (χ4n) is 5.90. The third-order valence-corrected chi connectivity index (χ3v) is 8.44. The van der Waals surface area contributed by atoms with Gasteiger partial charge in [0.2, 0.25) is 6.41 Å². The maximum atomic E-state index is 12.4. The maximum Gasteiger partial charge on any atom is 0.407 e. The number of hydrogen-bond donors (Lipinski definition) is 1. The summed E-state index contributed by atoms with van der Waals surface area (Å²) < 4.78 is 5.54. The highest BCUT2D eigenvalue weighted by atomic mass is 16.5. The molecule has 1 N–H and O–H groups in total. The van der Waals surface area contributed by atoms with Crippen LogP contribution in [0.15, 0.2) is 12.2 Å². The summed E-state index contributed by atoms with van der Waals surface area (Å²) in [4.78, 5) is 40.6. The van der Waals surface area contributed by atoms with Crippen molar-refractivity contribution in [2.24, 2.45) is 11.8 Å². The average molecular weight is 578 g/mol. The monoisotopic (exact) mass is 577 g/mol. The zero-order valence-electron chi connectivity index (χ0n) is 27.0. The Hall–Kier alpha value is -1.89. The van der Waals surface area contributed by atoms with E-state index >= 15 is 0 Å². The van der Waals surface area contributed by atoms with Gasteiger partial charge in [0.25, 0.3) is 0 Å². The summed E-state index contributed by atoms with van der Waals surface area (Å²) in [6.45, 7) is 6.08. The van der Waals surface area contributed by atoms with Crippen LogP contribution in [0, 0.1) is 11.8 Å². The summed E-state index contributed by atoms with van der Waals surface area (Å²) >= 11 is 0. The van der Waals surface area contributed by atoms with Crippen molar-refractivity contribution >= 4 is 18.3 Å². The molecule has 1 rings (SSSR count). The Morgan fingerprint density at radius 2 is 1.37 bits per heavy atom. The number of ketones is 1. The number of amides is 2. The van der Waals surface area contributed by atoms with E-state index in [4.69, 9.17) is 4.74 Å². The van der Waals surface area contributed by atoms with Crippen molar-refractivity contribution in [2.45, 2.75) is 135 Å². The number of nitrogens with zero attached hydrogens (tertiary/aromatic N) is 2. The topological polar surface area (TPSA) is 78.9 Å². The molecule has 3 atom stereocenters. The summed E-state index contributed by atoms with van der Waals surface area (Å²) in [7, 11) is 3.99. The van der Waals surface area contributed by atoms with Crippen LogP contribution >= 0.6 is 0 Å². The zero-order chi connectivity index (χ0) is 30.1. The quantitative estimate of drug-likeness (QED) is 0.0653. The molecule has 0 aromatic carbocycles. The van der Waals surface area contributed by atoms with E-state index in [1.165, 1.54) is 89.9 Å². The van der Waals surface area contributed by atoms with Crippen LogP contribution in [-0.4, -0.2) is 74.5 Å². The minimum Gasteiger partial charge on any atom is -0.449 e. The minimum absolute atomic E-state index is 0.0409. The number of nitrogens with one attached hydrogen (secondary N) is 1. The summed E-state index contributed by atoms with van der Waals surface area (Å²) in [5, 5.41) is 2.79. The van der Waals surface area contributed by atoms with Gasteiger partial charge in [-0.05, 0) is 46.8 Å². The second-order valence-corrected chi connectivity index (χ2v) is 12.4. The molecule has 7 nitrogen and oxygen atoms in total. The van der Waals surface area contributed by atoms with Gasteiger partial charge in [0.05, 0.1) is 6.61 Å². The SMILES string of the molecule is CCCCCCCCCCCCCCCCCCN(C=O)C1CC=CC(C(C)=O)C1COC(=O)NCCCN(C)C. The van der Waals surface area contributed by atoms with Crippen molar-refractivity contribution in [1.82, 2.24) is 15.1 Å². The van der Waals surface area contributed by atoms with Gasteiger partial charge < -0.3 is 19.9 Å². The number of rotatable bonds is 26. The highest BCUT2D eigenvalue weighted by molar-refractivity contribution is 5.81. The third kappa shape index (κ3) is 18.3. The number of carbonyl (C=O) groups excluding carboxylic acids is 3. The maximum absolute atomic E-state index is 12.4. The first kappa shape index (κ1) is 37.1. The minimum atomic E-state index is -0.463. The Morgan fingerprint density at radius 1 is 0.829 bits per heavy atom. The van der Waals surface area contributed by atoms with Gasteiger partial charge in [-0.3, -0.25) is 9.59 Å². The number of allylic oxidation sites excluding steroid dienone is 1. The highest BCUT2D eigenvalue weighted by Gasteiger charge is 2.37. The molecule has 7 heteroatoms. The molecule has 2 amide bonds. The molecular formula is C34H63N3O4. The van der Waals surface area contributed by atoms with Crippen molar-refractivity contribution in [3.05, 3.63) is 12.2 Å².